The molecule has 0 radical (unpaired) electrons. The molecule has 150 valence electrons. The number of hydrogen-bond acceptors (Lipinski definition) is 8. The Morgan fingerprint density at radius 3 is 2.69 bits per heavy atom. The Bertz CT molecular complexity index is 972. The second kappa shape index (κ2) is 7.33. The van der Waals surface area contributed by atoms with Gasteiger partial charge in [-0.3, -0.25) is 29.4 Å². The predicted molar refractivity (Wildman–Crippen MR) is 99.5 cm³/mol. The molecule has 3 heterocycles. The van der Waals surface area contributed by atoms with Gasteiger partial charge in [-0.2, -0.15) is 0 Å². The molecule has 0 aromatic heterocycles. The summed E-state index contributed by atoms with van der Waals surface area (Å²) in [4.78, 5) is 52.7. The molecule has 0 N–H and O–H groups in total. The Hall–Kier alpha value is -3.18. The maximum Gasteiger partial charge on any atom is 0.355 e. The third kappa shape index (κ3) is 3.28. The molecule has 2 fully saturated rings. The van der Waals surface area contributed by atoms with Gasteiger partial charge in [0.15, 0.2) is 0 Å². The molecule has 0 unspecified atom stereocenters. The third-order valence-electron chi connectivity index (χ3n) is 4.76. The molecule has 10 nitrogen and oxygen atoms in total. The van der Waals surface area contributed by atoms with Crippen molar-refractivity contribution in [2.45, 2.75) is 24.4 Å². The topological polar surface area (TPSA) is 119 Å². The lowest BCUT2D eigenvalue weighted by Gasteiger charge is -2.41. The van der Waals surface area contributed by atoms with Gasteiger partial charge in [-0.25, -0.2) is 9.86 Å². The molecule has 0 spiro atoms. The molecule has 0 saturated carbocycles. The van der Waals surface area contributed by atoms with Gasteiger partial charge < -0.3 is 4.74 Å². The van der Waals surface area contributed by atoms with Crippen molar-refractivity contribution in [1.82, 2.24) is 9.96 Å². The van der Waals surface area contributed by atoms with Crippen molar-refractivity contribution in [2.75, 3.05) is 7.11 Å². The first-order chi connectivity index (χ1) is 13.9. The molecule has 1 aromatic carbocycles. The molecule has 0 aliphatic carbocycles. The number of esters is 1. The predicted octanol–water partition coefficient (Wildman–Crippen LogP) is 1.48. The van der Waals surface area contributed by atoms with E-state index in [0.29, 0.717) is 11.1 Å². The summed E-state index contributed by atoms with van der Waals surface area (Å²) < 4.78 is 5.23. The van der Waals surface area contributed by atoms with E-state index < -0.39 is 10.9 Å². The number of amides is 2. The number of rotatable bonds is 6. The largest absolute Gasteiger partial charge is 0.456 e. The fourth-order valence-electron chi connectivity index (χ4n) is 3.21. The van der Waals surface area contributed by atoms with Crippen LogP contribution in [0.1, 0.15) is 12.0 Å². The molecule has 3 aliphatic heterocycles. The number of nitro groups is 1. The Kier molecular flexibility index (Phi) is 4.84. The van der Waals surface area contributed by atoms with E-state index in [9.17, 15) is 24.5 Å². The Morgan fingerprint density at radius 1 is 1.34 bits per heavy atom. The normalized spacial score (nSPS) is 24.0. The van der Waals surface area contributed by atoms with Crippen LogP contribution in [-0.2, 0) is 30.6 Å². The molecule has 0 bridgehead atoms. The lowest BCUT2D eigenvalue weighted by atomic mass is 9.97. The number of fused-ring (bicyclic) bond motifs is 1. The first kappa shape index (κ1) is 19.2. The van der Waals surface area contributed by atoms with Gasteiger partial charge in [0.25, 0.3) is 11.6 Å². The van der Waals surface area contributed by atoms with E-state index in [1.54, 1.807) is 11.5 Å². The Morgan fingerprint density at radius 2 is 2.07 bits per heavy atom. The summed E-state index contributed by atoms with van der Waals surface area (Å²) in [6, 6.07) is 5.38. The number of nitro benzene ring substituents is 1. The van der Waals surface area contributed by atoms with E-state index in [1.807, 2.05) is 0 Å². The minimum atomic E-state index is -0.650. The summed E-state index contributed by atoms with van der Waals surface area (Å²) in [6.07, 6.45) is 1.97. The highest BCUT2D eigenvalue weighted by Gasteiger charge is 2.51. The van der Waals surface area contributed by atoms with Crippen LogP contribution < -0.4 is 0 Å². The van der Waals surface area contributed by atoms with Crippen LogP contribution in [0.2, 0.25) is 0 Å². The Labute approximate surface area is 168 Å². The van der Waals surface area contributed by atoms with Crippen LogP contribution in [0, 0.1) is 10.1 Å². The number of thioether (sulfide) groups is 1. The van der Waals surface area contributed by atoms with Crippen LogP contribution in [0.15, 0.2) is 47.0 Å². The van der Waals surface area contributed by atoms with Gasteiger partial charge in [-0.05, 0) is 23.8 Å². The van der Waals surface area contributed by atoms with Gasteiger partial charge >= 0.3 is 5.97 Å². The van der Waals surface area contributed by atoms with Crippen LogP contribution in [-0.4, -0.2) is 51.2 Å². The number of hydrogen-bond donors (Lipinski definition) is 0. The lowest BCUT2D eigenvalue weighted by Crippen LogP contribution is -2.55. The van der Waals surface area contributed by atoms with Crippen molar-refractivity contribution in [3.63, 3.8) is 0 Å². The molecular formula is C18H15N3O7S. The zero-order valence-electron chi connectivity index (χ0n) is 15.1. The SMILES string of the molecule is CON1C(=O)C[C@@H]1/C=C1/C(=O)N2C(C(=O)OCc3ccc([N+](=O)[O-])cc3)=CS[C@H]12. The highest BCUT2D eigenvalue weighted by Crippen LogP contribution is 2.45. The molecule has 4 rings (SSSR count). The maximum absolute atomic E-state index is 12.5. The summed E-state index contributed by atoms with van der Waals surface area (Å²) >= 11 is 1.31. The highest BCUT2D eigenvalue weighted by molar-refractivity contribution is 8.03. The quantitative estimate of drug-likeness (QED) is 0.224. The van der Waals surface area contributed by atoms with Gasteiger partial charge in [0, 0.05) is 23.1 Å². The van der Waals surface area contributed by atoms with Crippen molar-refractivity contribution < 1.29 is 28.9 Å². The van der Waals surface area contributed by atoms with Gasteiger partial charge in [0.05, 0.1) is 24.5 Å². The standard InChI is InChI=1S/C18H15N3O7S/c1-27-20-12(7-15(20)22)6-13-16(23)19-14(9-29-17(13)19)18(24)28-8-10-2-4-11(5-3-10)21(25)26/h2-6,9,12,17H,7-8H2,1H3/b13-6-/t12-,17+/m0/s1. The van der Waals surface area contributed by atoms with Crippen LogP contribution in [0.4, 0.5) is 5.69 Å². The van der Waals surface area contributed by atoms with Crippen LogP contribution in [0.5, 0.6) is 0 Å². The molecule has 2 atom stereocenters. The molecular weight excluding hydrogens is 402 g/mol. The summed E-state index contributed by atoms with van der Waals surface area (Å²) in [5.74, 6) is -1.11. The number of β-lactam (4-membered cyclic amide) rings is 2. The fraction of sp³-hybridized carbons (Fsp3) is 0.278. The monoisotopic (exact) mass is 417 g/mol. The van der Waals surface area contributed by atoms with Crippen LogP contribution in [0.3, 0.4) is 0 Å². The van der Waals surface area contributed by atoms with Crippen molar-refractivity contribution in [3.05, 3.63) is 62.7 Å². The second-order valence-electron chi connectivity index (χ2n) is 6.46. The van der Waals surface area contributed by atoms with E-state index in [1.165, 1.54) is 53.1 Å². The first-order valence-electron chi connectivity index (χ1n) is 8.58. The van der Waals surface area contributed by atoms with Crippen molar-refractivity contribution in [1.29, 1.82) is 0 Å². The number of non-ortho nitro benzene ring substituents is 1. The molecule has 2 amide bonds. The van der Waals surface area contributed by atoms with Crippen LogP contribution in [0.25, 0.3) is 0 Å². The molecule has 1 aromatic rings. The number of nitrogens with zero attached hydrogens (tertiary/aromatic N) is 3. The van der Waals surface area contributed by atoms with Crippen molar-refractivity contribution >= 4 is 35.2 Å². The number of carbonyl (C=O) groups excluding carboxylic acids is 3. The van der Waals surface area contributed by atoms with E-state index in [-0.39, 0.29) is 47.6 Å². The number of benzene rings is 1. The van der Waals surface area contributed by atoms with Crippen molar-refractivity contribution in [2.24, 2.45) is 0 Å². The average molecular weight is 417 g/mol. The third-order valence-corrected chi connectivity index (χ3v) is 5.84. The maximum atomic E-state index is 12.5. The van der Waals surface area contributed by atoms with Crippen molar-refractivity contribution in [3.8, 4) is 0 Å². The molecule has 29 heavy (non-hydrogen) atoms. The molecule has 2 saturated heterocycles. The first-order valence-corrected chi connectivity index (χ1v) is 9.52. The zero-order valence-corrected chi connectivity index (χ0v) is 16.0. The second-order valence-corrected chi connectivity index (χ2v) is 7.42. The van der Waals surface area contributed by atoms with Gasteiger partial charge in [-0.1, -0.05) is 0 Å². The van der Waals surface area contributed by atoms with Gasteiger partial charge in [0.1, 0.15) is 17.7 Å². The minimum Gasteiger partial charge on any atom is -0.456 e. The summed E-state index contributed by atoms with van der Waals surface area (Å²) in [5.41, 5.74) is 1.21. The van der Waals surface area contributed by atoms with E-state index >= 15 is 0 Å². The van der Waals surface area contributed by atoms with Crippen LogP contribution >= 0.6 is 11.8 Å². The summed E-state index contributed by atoms with van der Waals surface area (Å²) in [5, 5.41) is 13.1. The number of ether oxygens (including phenoxy) is 1. The molecule has 11 heteroatoms. The Balaban J connectivity index is 1.35. The molecule has 3 aliphatic rings. The van der Waals surface area contributed by atoms with E-state index in [0.717, 1.165) is 0 Å². The van der Waals surface area contributed by atoms with Gasteiger partial charge in [0.2, 0.25) is 5.91 Å². The number of hydroxylamine groups is 2. The highest BCUT2D eigenvalue weighted by atomic mass is 32.2. The summed E-state index contributed by atoms with van der Waals surface area (Å²) in [7, 11) is 1.39. The minimum absolute atomic E-state index is 0.0523. The average Bonchev–Trinajstić information content (AvgIpc) is 3.10. The van der Waals surface area contributed by atoms with E-state index in [4.69, 9.17) is 9.57 Å². The lowest BCUT2D eigenvalue weighted by molar-refractivity contribution is -0.384. The van der Waals surface area contributed by atoms with E-state index in [2.05, 4.69) is 0 Å². The summed E-state index contributed by atoms with van der Waals surface area (Å²) in [6.45, 7) is -0.0682. The zero-order chi connectivity index (χ0) is 20.7. The van der Waals surface area contributed by atoms with Gasteiger partial charge in [-0.15, -0.1) is 11.8 Å². The smallest absolute Gasteiger partial charge is 0.355 e. The fourth-order valence-corrected chi connectivity index (χ4v) is 4.34. The number of carbonyl (C=O) groups is 3.